The molecule has 0 unspecified atom stereocenters. The van der Waals surface area contributed by atoms with Gasteiger partial charge in [0.2, 0.25) is 10.0 Å². The van der Waals surface area contributed by atoms with Gasteiger partial charge in [-0.15, -0.1) is 0 Å². The van der Waals surface area contributed by atoms with E-state index in [4.69, 9.17) is 0 Å². The monoisotopic (exact) mass is 296 g/mol. The molecular weight excluding hydrogens is 272 g/mol. The molecule has 1 aromatic carbocycles. The minimum absolute atomic E-state index is 0.598. The summed E-state index contributed by atoms with van der Waals surface area (Å²) in [6.45, 7) is 3.07. The summed E-state index contributed by atoms with van der Waals surface area (Å²) in [5.74, 6) is 0. The van der Waals surface area contributed by atoms with Gasteiger partial charge in [0.25, 0.3) is 0 Å². The van der Waals surface area contributed by atoms with Crippen molar-refractivity contribution in [3.63, 3.8) is 0 Å². The second-order valence-electron chi connectivity index (χ2n) is 4.93. The van der Waals surface area contributed by atoms with Crippen LogP contribution in [0.15, 0.2) is 29.3 Å². The van der Waals surface area contributed by atoms with Crippen molar-refractivity contribution in [2.24, 2.45) is 4.99 Å². The zero-order valence-corrected chi connectivity index (χ0v) is 13.1. The molecule has 0 heterocycles. The van der Waals surface area contributed by atoms with E-state index in [1.54, 1.807) is 6.07 Å². The molecule has 0 radical (unpaired) electrons. The second kappa shape index (κ2) is 8.74. The number of aliphatic imine (C=N–C) groups is 1. The van der Waals surface area contributed by atoms with Gasteiger partial charge in [0, 0.05) is 24.9 Å². The van der Waals surface area contributed by atoms with Crippen molar-refractivity contribution >= 4 is 21.9 Å². The Hall–Kier alpha value is -1.36. The van der Waals surface area contributed by atoms with Gasteiger partial charge in [-0.25, -0.2) is 8.42 Å². The maximum atomic E-state index is 11.2. The predicted octanol–water partition coefficient (Wildman–Crippen LogP) is 3.25. The van der Waals surface area contributed by atoms with Crippen LogP contribution in [0.4, 0.5) is 5.69 Å². The summed E-state index contributed by atoms with van der Waals surface area (Å²) in [6.07, 6.45) is 8.68. The number of nitrogens with one attached hydrogen (secondary N) is 1. The van der Waals surface area contributed by atoms with Gasteiger partial charge in [-0.1, -0.05) is 38.3 Å². The smallest absolute Gasteiger partial charge is 0.229 e. The molecule has 0 saturated carbocycles. The Morgan fingerprint density at radius 3 is 2.75 bits per heavy atom. The summed E-state index contributed by atoms with van der Waals surface area (Å²) in [4.78, 5) is 4.38. The molecule has 1 rings (SSSR count). The first-order valence-corrected chi connectivity index (χ1v) is 8.95. The van der Waals surface area contributed by atoms with E-state index in [1.165, 1.54) is 19.3 Å². The molecule has 0 aliphatic rings. The molecule has 20 heavy (non-hydrogen) atoms. The minimum Gasteiger partial charge on any atom is -0.297 e. The number of unbranched alkanes of at least 4 members (excludes halogenated alkanes) is 3. The van der Waals surface area contributed by atoms with Crippen LogP contribution in [0.5, 0.6) is 0 Å². The third-order valence-corrected chi connectivity index (χ3v) is 3.43. The lowest BCUT2D eigenvalue weighted by Crippen LogP contribution is -2.09. The van der Waals surface area contributed by atoms with E-state index in [1.807, 2.05) is 24.4 Å². The zero-order valence-electron chi connectivity index (χ0n) is 12.3. The van der Waals surface area contributed by atoms with Crippen molar-refractivity contribution in [2.45, 2.75) is 39.0 Å². The predicted molar refractivity (Wildman–Crippen MR) is 86.1 cm³/mol. The number of hydrogen-bond donors (Lipinski definition) is 1. The molecule has 112 valence electrons. The van der Waals surface area contributed by atoms with Crippen LogP contribution in [0.25, 0.3) is 0 Å². The number of rotatable bonds is 9. The van der Waals surface area contributed by atoms with Gasteiger partial charge < -0.3 is 0 Å². The molecule has 0 fully saturated rings. The molecular formula is C15H24N2O2S. The van der Waals surface area contributed by atoms with Crippen LogP contribution < -0.4 is 4.72 Å². The normalized spacial score (nSPS) is 11.9. The minimum atomic E-state index is -3.22. The number of benzene rings is 1. The highest BCUT2D eigenvalue weighted by molar-refractivity contribution is 7.92. The molecule has 5 heteroatoms. The van der Waals surface area contributed by atoms with Gasteiger partial charge in [-0.2, -0.15) is 0 Å². The second-order valence-corrected chi connectivity index (χ2v) is 6.68. The first-order chi connectivity index (χ1) is 9.51. The van der Waals surface area contributed by atoms with Crippen molar-refractivity contribution in [1.82, 2.24) is 0 Å². The Labute approximate surface area is 122 Å². The fourth-order valence-electron chi connectivity index (χ4n) is 1.87. The molecule has 0 aromatic heterocycles. The van der Waals surface area contributed by atoms with Gasteiger partial charge in [-0.05, 0) is 24.1 Å². The fourth-order valence-corrected chi connectivity index (χ4v) is 2.42. The standard InChI is InChI=1S/C15H24N2O2S/c1-3-4-5-6-11-16-12-10-14-8-7-9-15(13-14)17-20(2,18)19/h7-9,12-13,17H,3-6,10-11H2,1-2H3. The van der Waals surface area contributed by atoms with Crippen LogP contribution in [0.3, 0.4) is 0 Å². The Morgan fingerprint density at radius 1 is 1.25 bits per heavy atom. The van der Waals surface area contributed by atoms with Crippen LogP contribution in [0.1, 0.15) is 38.2 Å². The van der Waals surface area contributed by atoms with E-state index < -0.39 is 10.0 Å². The van der Waals surface area contributed by atoms with E-state index in [0.29, 0.717) is 5.69 Å². The maximum Gasteiger partial charge on any atom is 0.229 e. The van der Waals surface area contributed by atoms with Crippen molar-refractivity contribution in [3.8, 4) is 0 Å². The molecule has 1 aromatic rings. The quantitative estimate of drug-likeness (QED) is 0.561. The molecule has 0 saturated heterocycles. The van der Waals surface area contributed by atoms with Gasteiger partial charge in [-0.3, -0.25) is 9.71 Å². The first-order valence-electron chi connectivity index (χ1n) is 7.06. The Morgan fingerprint density at radius 2 is 2.05 bits per heavy atom. The summed E-state index contributed by atoms with van der Waals surface area (Å²) >= 11 is 0. The lowest BCUT2D eigenvalue weighted by Gasteiger charge is -2.05. The molecule has 0 bridgehead atoms. The molecule has 4 nitrogen and oxygen atoms in total. The maximum absolute atomic E-state index is 11.2. The number of sulfonamides is 1. The van der Waals surface area contributed by atoms with Gasteiger partial charge in [0.15, 0.2) is 0 Å². The summed E-state index contributed by atoms with van der Waals surface area (Å²) < 4.78 is 24.8. The highest BCUT2D eigenvalue weighted by atomic mass is 32.2. The average Bonchev–Trinajstić information content (AvgIpc) is 2.36. The van der Waals surface area contributed by atoms with Gasteiger partial charge >= 0.3 is 0 Å². The van der Waals surface area contributed by atoms with E-state index in [9.17, 15) is 8.42 Å². The van der Waals surface area contributed by atoms with Crippen molar-refractivity contribution in [2.75, 3.05) is 17.5 Å². The van der Waals surface area contributed by atoms with Crippen molar-refractivity contribution in [1.29, 1.82) is 0 Å². The molecule has 0 atom stereocenters. The summed E-state index contributed by atoms with van der Waals surface area (Å²) in [7, 11) is -3.22. The highest BCUT2D eigenvalue weighted by Gasteiger charge is 2.01. The highest BCUT2D eigenvalue weighted by Crippen LogP contribution is 2.12. The molecule has 0 aliphatic heterocycles. The topological polar surface area (TPSA) is 58.5 Å². The number of hydrogen-bond acceptors (Lipinski definition) is 3. The lowest BCUT2D eigenvalue weighted by molar-refractivity contribution is 0.607. The fraction of sp³-hybridized carbons (Fsp3) is 0.533. The lowest BCUT2D eigenvalue weighted by atomic mass is 10.1. The summed E-state index contributed by atoms with van der Waals surface area (Å²) in [5.41, 5.74) is 1.65. The zero-order chi connectivity index (χ0) is 14.8. The van der Waals surface area contributed by atoms with Crippen LogP contribution in [-0.4, -0.2) is 27.4 Å². The van der Waals surface area contributed by atoms with E-state index in [2.05, 4.69) is 16.6 Å². The van der Waals surface area contributed by atoms with Crippen molar-refractivity contribution < 1.29 is 8.42 Å². The van der Waals surface area contributed by atoms with E-state index >= 15 is 0 Å². The molecule has 0 aliphatic carbocycles. The third kappa shape index (κ3) is 7.94. The van der Waals surface area contributed by atoms with Crippen LogP contribution in [0.2, 0.25) is 0 Å². The number of nitrogens with zero attached hydrogens (tertiary/aromatic N) is 1. The van der Waals surface area contributed by atoms with E-state index in [0.717, 1.165) is 31.2 Å². The summed E-state index contributed by atoms with van der Waals surface area (Å²) in [6, 6.07) is 7.39. The van der Waals surface area contributed by atoms with Crippen molar-refractivity contribution in [3.05, 3.63) is 29.8 Å². The first kappa shape index (κ1) is 16.7. The Bertz CT molecular complexity index is 524. The SMILES string of the molecule is CCCCCCN=CCc1cccc(NS(C)(=O)=O)c1. The average molecular weight is 296 g/mol. The van der Waals surface area contributed by atoms with Crippen LogP contribution in [0, 0.1) is 0 Å². The largest absolute Gasteiger partial charge is 0.297 e. The molecule has 0 amide bonds. The molecule has 0 spiro atoms. The summed E-state index contributed by atoms with van der Waals surface area (Å²) in [5, 5.41) is 0. The van der Waals surface area contributed by atoms with Crippen LogP contribution >= 0.6 is 0 Å². The number of anilines is 1. The van der Waals surface area contributed by atoms with Gasteiger partial charge in [0.1, 0.15) is 0 Å². The van der Waals surface area contributed by atoms with Gasteiger partial charge in [0.05, 0.1) is 6.26 Å². The van der Waals surface area contributed by atoms with Crippen LogP contribution in [-0.2, 0) is 16.4 Å². The molecule has 1 N–H and O–H groups in total. The third-order valence-electron chi connectivity index (χ3n) is 2.83. The Kier molecular flexibility index (Phi) is 7.30. The Balaban J connectivity index is 2.40. The van der Waals surface area contributed by atoms with E-state index in [-0.39, 0.29) is 0 Å².